The number of furan rings is 1. The zero-order chi connectivity index (χ0) is 20.3. The van der Waals surface area contributed by atoms with Gasteiger partial charge in [0, 0.05) is 17.1 Å². The number of amides is 1. The minimum atomic E-state index is -0.916. The van der Waals surface area contributed by atoms with Crippen LogP contribution in [0.4, 0.5) is 5.69 Å². The minimum Gasteiger partial charge on any atom is -0.467 e. The molecule has 1 aromatic carbocycles. The molecule has 6 nitrogen and oxygen atoms in total. The number of rotatable bonds is 6. The fourth-order valence-electron chi connectivity index (χ4n) is 3.05. The van der Waals surface area contributed by atoms with E-state index in [9.17, 15) is 9.59 Å². The number of anilines is 1. The number of hydrogen-bond donors (Lipinski definition) is 1. The molecule has 0 aliphatic carbocycles. The van der Waals surface area contributed by atoms with E-state index in [1.165, 1.54) is 0 Å². The Morgan fingerprint density at radius 1 is 1.14 bits per heavy atom. The van der Waals surface area contributed by atoms with Crippen molar-refractivity contribution in [2.75, 3.05) is 5.32 Å². The first-order valence-electron chi connectivity index (χ1n) is 9.12. The molecule has 0 saturated carbocycles. The van der Waals surface area contributed by atoms with E-state index < -0.39 is 12.1 Å². The Bertz CT molecular complexity index is 986. The quantitative estimate of drug-likeness (QED) is 0.649. The van der Waals surface area contributed by atoms with Crippen molar-refractivity contribution in [2.45, 2.75) is 40.3 Å². The highest BCUT2D eigenvalue weighted by Crippen LogP contribution is 2.19. The summed E-state index contributed by atoms with van der Waals surface area (Å²) in [4.78, 5) is 25.0. The molecule has 0 fully saturated rings. The predicted molar refractivity (Wildman–Crippen MR) is 106 cm³/mol. The minimum absolute atomic E-state index is 0.372. The summed E-state index contributed by atoms with van der Waals surface area (Å²) in [6, 6.07) is 12.9. The van der Waals surface area contributed by atoms with E-state index in [1.54, 1.807) is 25.3 Å². The number of aryl methyl sites for hydroxylation is 2. The van der Waals surface area contributed by atoms with Crippen LogP contribution in [0.2, 0.25) is 0 Å². The molecule has 28 heavy (non-hydrogen) atoms. The third-order valence-electron chi connectivity index (χ3n) is 4.63. The maximum Gasteiger partial charge on any atom is 0.340 e. The Hall–Kier alpha value is -3.28. The number of nitrogens with one attached hydrogen (secondary N) is 1. The molecule has 0 spiro atoms. The summed E-state index contributed by atoms with van der Waals surface area (Å²) in [7, 11) is 0. The second-order valence-electron chi connectivity index (χ2n) is 6.86. The summed E-state index contributed by atoms with van der Waals surface area (Å²) in [5.74, 6) is -0.0957. The number of hydrogen-bond acceptors (Lipinski definition) is 4. The molecule has 0 radical (unpaired) electrons. The van der Waals surface area contributed by atoms with Gasteiger partial charge in [-0.25, -0.2) is 4.79 Å². The molecular weight excluding hydrogens is 356 g/mol. The second kappa shape index (κ2) is 8.17. The number of esters is 1. The number of aromatic nitrogens is 1. The molecule has 3 rings (SSSR count). The molecular formula is C22H24N2O4. The van der Waals surface area contributed by atoms with Gasteiger partial charge in [0.25, 0.3) is 5.91 Å². The number of benzene rings is 1. The van der Waals surface area contributed by atoms with Crippen LogP contribution in [0.25, 0.3) is 0 Å². The molecule has 0 unspecified atom stereocenters. The zero-order valence-corrected chi connectivity index (χ0v) is 16.5. The highest BCUT2D eigenvalue weighted by Gasteiger charge is 2.23. The van der Waals surface area contributed by atoms with Crippen LogP contribution in [-0.4, -0.2) is 22.5 Å². The van der Waals surface area contributed by atoms with Gasteiger partial charge in [-0.05, 0) is 63.6 Å². The van der Waals surface area contributed by atoms with Gasteiger partial charge in [-0.1, -0.05) is 12.1 Å². The Morgan fingerprint density at radius 3 is 2.61 bits per heavy atom. The van der Waals surface area contributed by atoms with Gasteiger partial charge in [-0.15, -0.1) is 0 Å². The zero-order valence-electron chi connectivity index (χ0n) is 16.5. The molecule has 1 atom stereocenters. The predicted octanol–water partition coefficient (Wildman–Crippen LogP) is 4.24. The van der Waals surface area contributed by atoms with Gasteiger partial charge in [0.1, 0.15) is 5.76 Å². The van der Waals surface area contributed by atoms with E-state index in [4.69, 9.17) is 9.15 Å². The second-order valence-corrected chi connectivity index (χ2v) is 6.86. The normalized spacial score (nSPS) is 11.9. The van der Waals surface area contributed by atoms with Crippen LogP contribution in [0.3, 0.4) is 0 Å². The molecule has 2 heterocycles. The smallest absolute Gasteiger partial charge is 0.340 e. The van der Waals surface area contributed by atoms with Crippen LogP contribution in [0.15, 0.2) is 53.1 Å². The van der Waals surface area contributed by atoms with Crippen molar-refractivity contribution < 1.29 is 18.7 Å². The molecule has 6 heteroatoms. The van der Waals surface area contributed by atoms with Crippen molar-refractivity contribution in [2.24, 2.45) is 0 Å². The van der Waals surface area contributed by atoms with Gasteiger partial charge >= 0.3 is 5.97 Å². The van der Waals surface area contributed by atoms with Crippen LogP contribution in [-0.2, 0) is 16.1 Å². The van der Waals surface area contributed by atoms with E-state index in [-0.39, 0.29) is 5.91 Å². The molecule has 1 N–H and O–H groups in total. The number of ether oxygens (including phenoxy) is 1. The van der Waals surface area contributed by atoms with Crippen LogP contribution >= 0.6 is 0 Å². The Kier molecular flexibility index (Phi) is 5.68. The number of nitrogens with zero attached hydrogens (tertiary/aromatic N) is 1. The third-order valence-corrected chi connectivity index (χ3v) is 4.63. The lowest BCUT2D eigenvalue weighted by Gasteiger charge is -2.14. The lowest BCUT2D eigenvalue weighted by Crippen LogP contribution is -2.30. The van der Waals surface area contributed by atoms with Crippen LogP contribution in [0.5, 0.6) is 0 Å². The summed E-state index contributed by atoms with van der Waals surface area (Å²) < 4.78 is 12.8. The highest BCUT2D eigenvalue weighted by molar-refractivity contribution is 5.97. The Labute approximate surface area is 164 Å². The third kappa shape index (κ3) is 4.34. The van der Waals surface area contributed by atoms with Crippen molar-refractivity contribution in [1.29, 1.82) is 0 Å². The van der Waals surface area contributed by atoms with Gasteiger partial charge in [0.05, 0.1) is 18.4 Å². The van der Waals surface area contributed by atoms with Crippen molar-refractivity contribution in [1.82, 2.24) is 4.57 Å². The summed E-state index contributed by atoms with van der Waals surface area (Å²) in [5.41, 5.74) is 3.83. The summed E-state index contributed by atoms with van der Waals surface area (Å²) in [6.45, 7) is 7.80. The average molecular weight is 380 g/mol. The fourth-order valence-corrected chi connectivity index (χ4v) is 3.05. The van der Waals surface area contributed by atoms with Crippen LogP contribution in [0, 0.1) is 20.8 Å². The van der Waals surface area contributed by atoms with E-state index in [2.05, 4.69) is 5.32 Å². The van der Waals surface area contributed by atoms with Gasteiger partial charge < -0.3 is 19.0 Å². The largest absolute Gasteiger partial charge is 0.467 e. The Morgan fingerprint density at radius 2 is 1.93 bits per heavy atom. The Balaban J connectivity index is 1.67. The van der Waals surface area contributed by atoms with E-state index in [0.717, 1.165) is 22.7 Å². The summed E-state index contributed by atoms with van der Waals surface area (Å²) in [5, 5.41) is 2.77. The number of carbonyl (C=O) groups excluding carboxylic acids is 2. The van der Waals surface area contributed by atoms with E-state index in [1.807, 2.05) is 55.7 Å². The monoisotopic (exact) mass is 380 g/mol. The molecule has 3 aromatic rings. The fraction of sp³-hybridized carbons (Fsp3) is 0.273. The SMILES string of the molecule is Cc1cccc(NC(=O)[C@H](C)OC(=O)c2cc(C)n(Cc3ccco3)c2C)c1. The lowest BCUT2D eigenvalue weighted by molar-refractivity contribution is -0.123. The van der Waals surface area contributed by atoms with Crippen molar-refractivity contribution in [3.63, 3.8) is 0 Å². The van der Waals surface area contributed by atoms with Crippen LogP contribution < -0.4 is 5.32 Å². The molecule has 2 aromatic heterocycles. The average Bonchev–Trinajstić information content (AvgIpc) is 3.25. The number of carbonyl (C=O) groups is 2. The maximum absolute atomic E-state index is 12.6. The topological polar surface area (TPSA) is 73.5 Å². The molecule has 0 aliphatic rings. The maximum atomic E-state index is 12.6. The van der Waals surface area contributed by atoms with Crippen molar-refractivity contribution in [3.8, 4) is 0 Å². The summed E-state index contributed by atoms with van der Waals surface area (Å²) in [6.07, 6.45) is 0.703. The highest BCUT2D eigenvalue weighted by atomic mass is 16.5. The summed E-state index contributed by atoms with van der Waals surface area (Å²) >= 11 is 0. The lowest BCUT2D eigenvalue weighted by atomic mass is 10.2. The van der Waals surface area contributed by atoms with Gasteiger partial charge in [0.15, 0.2) is 6.10 Å². The molecule has 0 saturated heterocycles. The van der Waals surface area contributed by atoms with Gasteiger partial charge in [0.2, 0.25) is 0 Å². The molecule has 0 bridgehead atoms. The van der Waals surface area contributed by atoms with Crippen LogP contribution in [0.1, 0.15) is 40.0 Å². The molecule has 0 aliphatic heterocycles. The molecule has 146 valence electrons. The van der Waals surface area contributed by atoms with Crippen molar-refractivity contribution in [3.05, 3.63) is 77.0 Å². The van der Waals surface area contributed by atoms with Gasteiger partial charge in [-0.3, -0.25) is 4.79 Å². The van der Waals surface area contributed by atoms with E-state index >= 15 is 0 Å². The first-order chi connectivity index (χ1) is 13.3. The first kappa shape index (κ1) is 19.5. The van der Waals surface area contributed by atoms with E-state index in [0.29, 0.717) is 17.8 Å². The molecule has 1 amide bonds. The standard InChI is InChI=1S/C22H24N2O4/c1-14-7-5-8-18(11-14)23-21(25)17(4)28-22(26)20-12-15(2)24(16(20)3)13-19-9-6-10-27-19/h5-12,17H,13H2,1-4H3,(H,23,25)/t17-/m0/s1. The first-order valence-corrected chi connectivity index (χ1v) is 9.12. The van der Waals surface area contributed by atoms with Crippen molar-refractivity contribution >= 4 is 17.6 Å². The van der Waals surface area contributed by atoms with Gasteiger partial charge in [-0.2, -0.15) is 0 Å².